The topological polar surface area (TPSA) is 59.3 Å². The first kappa shape index (κ1) is 21.1. The molecular weight excluding hydrogens is 404 g/mol. The van der Waals surface area contributed by atoms with Gasteiger partial charge in [-0.05, 0) is 35.7 Å². The summed E-state index contributed by atoms with van der Waals surface area (Å²) >= 11 is 0. The van der Waals surface area contributed by atoms with Crippen LogP contribution in [0.4, 0.5) is 0 Å². The predicted octanol–water partition coefficient (Wildman–Crippen LogP) is 2.50. The Hall–Kier alpha value is -2.74. The Morgan fingerprint density at radius 2 is 1.78 bits per heavy atom. The number of hydrogen-bond acceptors (Lipinski definition) is 5. The predicted molar refractivity (Wildman–Crippen MR) is 122 cm³/mol. The van der Waals surface area contributed by atoms with Crippen LogP contribution in [-0.2, 0) is 22.4 Å². The molecule has 4 heterocycles. The molecule has 0 aliphatic carbocycles. The van der Waals surface area contributed by atoms with Crippen molar-refractivity contribution in [1.29, 1.82) is 0 Å². The Morgan fingerprint density at radius 1 is 0.969 bits per heavy atom. The van der Waals surface area contributed by atoms with Gasteiger partial charge in [0, 0.05) is 56.6 Å². The van der Waals surface area contributed by atoms with E-state index in [2.05, 4.69) is 22.1 Å². The van der Waals surface area contributed by atoms with Gasteiger partial charge >= 0.3 is 0 Å². The fourth-order valence-corrected chi connectivity index (χ4v) is 4.72. The highest BCUT2D eigenvalue weighted by Crippen LogP contribution is 2.21. The van der Waals surface area contributed by atoms with Crippen molar-refractivity contribution < 1.29 is 14.3 Å². The molecule has 7 heteroatoms. The van der Waals surface area contributed by atoms with Gasteiger partial charge in [-0.3, -0.25) is 9.69 Å². The first-order chi connectivity index (χ1) is 15.8. The number of morpholine rings is 1. The normalized spacial score (nSPS) is 20.4. The zero-order chi connectivity index (χ0) is 21.8. The molecule has 0 saturated carbocycles. The third-order valence-electron chi connectivity index (χ3n) is 6.40. The lowest BCUT2D eigenvalue weighted by Crippen LogP contribution is -2.38. The molecule has 0 bridgehead atoms. The molecule has 0 radical (unpaired) electrons. The van der Waals surface area contributed by atoms with Gasteiger partial charge in [0.2, 0.25) is 0 Å². The lowest BCUT2D eigenvalue weighted by molar-refractivity contribution is 0.0339. The van der Waals surface area contributed by atoms with Crippen LogP contribution in [0, 0.1) is 5.92 Å². The second kappa shape index (κ2) is 9.81. The Morgan fingerprint density at radius 3 is 2.69 bits per heavy atom. The highest BCUT2D eigenvalue weighted by atomic mass is 16.5. The van der Waals surface area contributed by atoms with Crippen LogP contribution in [0.3, 0.4) is 0 Å². The Balaban J connectivity index is 1.32. The van der Waals surface area contributed by atoms with Crippen molar-refractivity contribution in [2.45, 2.75) is 13.0 Å². The van der Waals surface area contributed by atoms with Crippen molar-refractivity contribution in [2.75, 3.05) is 52.6 Å². The second-order valence-corrected chi connectivity index (χ2v) is 8.64. The molecule has 32 heavy (non-hydrogen) atoms. The molecule has 2 aromatic heterocycles. The average molecular weight is 435 g/mol. The van der Waals surface area contributed by atoms with Crippen molar-refractivity contribution in [3.63, 3.8) is 0 Å². The largest absolute Gasteiger partial charge is 0.379 e. The van der Waals surface area contributed by atoms with Gasteiger partial charge in [-0.1, -0.05) is 24.3 Å². The van der Waals surface area contributed by atoms with Gasteiger partial charge in [-0.25, -0.2) is 4.52 Å². The summed E-state index contributed by atoms with van der Waals surface area (Å²) in [6.07, 6.45) is 4.64. The summed E-state index contributed by atoms with van der Waals surface area (Å²) in [5.41, 5.74) is 4.24. The third kappa shape index (κ3) is 4.70. The van der Waals surface area contributed by atoms with Crippen molar-refractivity contribution >= 4 is 11.4 Å². The minimum atomic E-state index is 0.104. The van der Waals surface area contributed by atoms with E-state index in [1.54, 1.807) is 0 Å². The number of ether oxygens (including phenoxy) is 2. The molecule has 2 aliphatic heterocycles. The Kier molecular flexibility index (Phi) is 6.48. The van der Waals surface area contributed by atoms with Gasteiger partial charge in [0.05, 0.1) is 31.9 Å². The van der Waals surface area contributed by atoms with Crippen LogP contribution in [0.2, 0.25) is 0 Å². The summed E-state index contributed by atoms with van der Waals surface area (Å²) in [6, 6.07) is 14.2. The monoisotopic (exact) mass is 434 g/mol. The van der Waals surface area contributed by atoms with Gasteiger partial charge in [-0.2, -0.15) is 5.10 Å². The van der Waals surface area contributed by atoms with E-state index < -0.39 is 0 Å². The summed E-state index contributed by atoms with van der Waals surface area (Å²) in [6.45, 7) is 6.65. The minimum Gasteiger partial charge on any atom is -0.379 e. The lowest BCUT2D eigenvalue weighted by atomic mass is 9.98. The molecule has 7 nitrogen and oxygen atoms in total. The number of carbonyl (C=O) groups is 1. The molecule has 0 unspecified atom stereocenters. The van der Waals surface area contributed by atoms with Crippen LogP contribution in [0.1, 0.15) is 21.5 Å². The maximum absolute atomic E-state index is 13.6. The maximum atomic E-state index is 13.6. The molecule has 0 spiro atoms. The number of pyridine rings is 1. The zero-order valence-electron chi connectivity index (χ0n) is 18.4. The summed E-state index contributed by atoms with van der Waals surface area (Å²) < 4.78 is 13.3. The summed E-state index contributed by atoms with van der Waals surface area (Å²) in [7, 11) is 0. The van der Waals surface area contributed by atoms with Gasteiger partial charge in [0.15, 0.2) is 0 Å². The number of hydrogen-bond donors (Lipinski definition) is 0. The second-order valence-electron chi connectivity index (χ2n) is 8.64. The highest BCUT2D eigenvalue weighted by Gasteiger charge is 2.26. The number of fused-ring (bicyclic) bond motifs is 1. The Bertz CT molecular complexity index is 1060. The summed E-state index contributed by atoms with van der Waals surface area (Å²) in [5, 5.41) is 4.34. The molecule has 2 aliphatic rings. The van der Waals surface area contributed by atoms with Gasteiger partial charge in [0.25, 0.3) is 5.91 Å². The quantitative estimate of drug-likeness (QED) is 0.618. The fourth-order valence-electron chi connectivity index (χ4n) is 4.72. The molecule has 1 atom stereocenters. The highest BCUT2D eigenvalue weighted by molar-refractivity contribution is 5.95. The average Bonchev–Trinajstić information content (AvgIpc) is 3.20. The molecule has 5 rings (SSSR count). The smallest absolute Gasteiger partial charge is 0.254 e. The van der Waals surface area contributed by atoms with Crippen molar-refractivity contribution in [3.05, 3.63) is 71.5 Å². The van der Waals surface area contributed by atoms with Gasteiger partial charge in [0.1, 0.15) is 0 Å². The first-order valence-electron chi connectivity index (χ1n) is 11.4. The van der Waals surface area contributed by atoms with E-state index in [0.717, 1.165) is 55.9 Å². The van der Waals surface area contributed by atoms with E-state index in [-0.39, 0.29) is 11.8 Å². The maximum Gasteiger partial charge on any atom is 0.254 e. The van der Waals surface area contributed by atoms with E-state index in [0.29, 0.717) is 26.3 Å². The third-order valence-corrected chi connectivity index (χ3v) is 6.40. The van der Waals surface area contributed by atoms with E-state index in [9.17, 15) is 4.79 Å². The van der Waals surface area contributed by atoms with E-state index in [1.165, 1.54) is 5.56 Å². The molecular formula is C25H30N4O3. The number of carbonyl (C=O) groups excluding carboxylic acids is 1. The van der Waals surface area contributed by atoms with Crippen molar-refractivity contribution in [2.24, 2.45) is 5.92 Å². The number of amides is 1. The number of benzene rings is 1. The fraction of sp³-hybridized carbons (Fsp3) is 0.440. The summed E-state index contributed by atoms with van der Waals surface area (Å²) in [5.74, 6) is 0.348. The van der Waals surface area contributed by atoms with Crippen LogP contribution >= 0.6 is 0 Å². The van der Waals surface area contributed by atoms with Crippen LogP contribution < -0.4 is 0 Å². The molecule has 1 aromatic carbocycles. The number of nitrogens with zero attached hydrogens (tertiary/aromatic N) is 4. The number of aromatic nitrogens is 2. The molecule has 2 fully saturated rings. The zero-order valence-corrected chi connectivity index (χ0v) is 18.4. The standard InChI is InChI=1S/C25H30N4O3/c30-25(23-6-2-1-4-22(23)18-27-10-13-31-14-11-27)28-12-15-32-19-20(17-28)16-21-5-3-9-29-24(21)7-8-26-29/h1-9,20H,10-19H2/t20-/m0/s1. The number of rotatable bonds is 5. The Labute approximate surface area is 188 Å². The van der Waals surface area contributed by atoms with Crippen molar-refractivity contribution in [3.8, 4) is 0 Å². The van der Waals surface area contributed by atoms with Crippen LogP contribution in [-0.4, -0.2) is 77.9 Å². The van der Waals surface area contributed by atoms with E-state index in [1.807, 2.05) is 52.1 Å². The molecule has 168 valence electrons. The molecule has 3 aromatic rings. The SMILES string of the molecule is O=C(c1ccccc1CN1CCOCC1)N1CCOC[C@@H](Cc2cccn3nccc23)C1. The molecule has 1 amide bonds. The molecule has 0 N–H and O–H groups in total. The summed E-state index contributed by atoms with van der Waals surface area (Å²) in [4.78, 5) is 17.9. The van der Waals surface area contributed by atoms with Crippen LogP contribution in [0.25, 0.3) is 5.52 Å². The van der Waals surface area contributed by atoms with Crippen LogP contribution in [0.5, 0.6) is 0 Å². The first-order valence-corrected chi connectivity index (χ1v) is 11.4. The van der Waals surface area contributed by atoms with E-state index >= 15 is 0 Å². The van der Waals surface area contributed by atoms with Crippen LogP contribution in [0.15, 0.2) is 54.9 Å². The lowest BCUT2D eigenvalue weighted by Gasteiger charge is -2.28. The van der Waals surface area contributed by atoms with Gasteiger partial charge in [-0.15, -0.1) is 0 Å². The van der Waals surface area contributed by atoms with E-state index in [4.69, 9.17) is 9.47 Å². The minimum absolute atomic E-state index is 0.104. The van der Waals surface area contributed by atoms with Gasteiger partial charge < -0.3 is 14.4 Å². The van der Waals surface area contributed by atoms with Crippen molar-refractivity contribution in [1.82, 2.24) is 19.4 Å². The molecule has 2 saturated heterocycles.